The molecule has 3 nitrogen and oxygen atoms in total. The highest BCUT2D eigenvalue weighted by atomic mass is 19.1. The molecule has 0 fully saturated rings. The Morgan fingerprint density at radius 1 is 1.14 bits per heavy atom. The summed E-state index contributed by atoms with van der Waals surface area (Å²) in [6, 6.07) is 8.60. The topological polar surface area (TPSA) is 38.3 Å². The van der Waals surface area contributed by atoms with E-state index in [1.807, 2.05) is 32.0 Å². The largest absolute Gasteiger partial charge is 0.483 e. The van der Waals surface area contributed by atoms with Crippen molar-refractivity contribution in [3.63, 3.8) is 0 Å². The van der Waals surface area contributed by atoms with E-state index in [0.29, 0.717) is 11.8 Å². The fourth-order valence-electron chi connectivity index (χ4n) is 1.78. The number of halogens is 2. The molecule has 2 aromatic carbocycles. The number of hydrogen-bond acceptors (Lipinski definition) is 2. The first-order valence-electron chi connectivity index (χ1n) is 6.40. The van der Waals surface area contributed by atoms with Crippen LogP contribution in [0.2, 0.25) is 0 Å². The predicted molar refractivity (Wildman–Crippen MR) is 76.4 cm³/mol. The lowest BCUT2D eigenvalue weighted by Gasteiger charge is -2.10. The van der Waals surface area contributed by atoms with Crippen molar-refractivity contribution in [2.24, 2.45) is 0 Å². The van der Waals surface area contributed by atoms with E-state index in [1.165, 1.54) is 6.07 Å². The normalized spacial score (nSPS) is 10.3. The molecule has 0 atom stereocenters. The first-order valence-corrected chi connectivity index (χ1v) is 6.40. The maximum Gasteiger partial charge on any atom is 0.262 e. The average Bonchev–Trinajstić information content (AvgIpc) is 2.43. The highest BCUT2D eigenvalue weighted by Gasteiger charge is 2.09. The van der Waals surface area contributed by atoms with Crippen LogP contribution in [-0.2, 0) is 4.79 Å². The second-order valence-corrected chi connectivity index (χ2v) is 4.73. The van der Waals surface area contributed by atoms with Crippen molar-refractivity contribution in [1.29, 1.82) is 0 Å². The number of hydrogen-bond donors (Lipinski definition) is 1. The summed E-state index contributed by atoms with van der Waals surface area (Å²) >= 11 is 0. The summed E-state index contributed by atoms with van der Waals surface area (Å²) in [5.41, 5.74) is 1.84. The molecular weight excluding hydrogens is 276 g/mol. The van der Waals surface area contributed by atoms with Gasteiger partial charge in [-0.1, -0.05) is 12.1 Å². The lowest BCUT2D eigenvalue weighted by atomic mass is 10.1. The molecule has 0 saturated carbocycles. The SMILES string of the molecule is Cc1ccc(C)c(OCC(=O)Nc2ccc(F)cc2F)c1. The van der Waals surface area contributed by atoms with Gasteiger partial charge in [0, 0.05) is 6.07 Å². The van der Waals surface area contributed by atoms with Crippen LogP contribution in [-0.4, -0.2) is 12.5 Å². The van der Waals surface area contributed by atoms with Gasteiger partial charge in [-0.25, -0.2) is 8.78 Å². The summed E-state index contributed by atoms with van der Waals surface area (Å²) < 4.78 is 31.6. The van der Waals surface area contributed by atoms with Crippen molar-refractivity contribution in [1.82, 2.24) is 0 Å². The number of carbonyl (C=O) groups is 1. The summed E-state index contributed by atoms with van der Waals surface area (Å²) in [6.07, 6.45) is 0. The van der Waals surface area contributed by atoms with Gasteiger partial charge in [-0.15, -0.1) is 0 Å². The van der Waals surface area contributed by atoms with E-state index in [1.54, 1.807) is 0 Å². The van der Waals surface area contributed by atoms with Gasteiger partial charge in [-0.3, -0.25) is 4.79 Å². The summed E-state index contributed by atoms with van der Waals surface area (Å²) in [4.78, 5) is 11.7. The zero-order valence-corrected chi connectivity index (χ0v) is 11.7. The molecular formula is C16H15F2NO2. The van der Waals surface area contributed by atoms with E-state index >= 15 is 0 Å². The van der Waals surface area contributed by atoms with Crippen molar-refractivity contribution >= 4 is 11.6 Å². The van der Waals surface area contributed by atoms with Gasteiger partial charge in [0.25, 0.3) is 5.91 Å². The molecule has 0 aromatic heterocycles. The number of aryl methyl sites for hydroxylation is 2. The van der Waals surface area contributed by atoms with E-state index in [0.717, 1.165) is 17.2 Å². The Morgan fingerprint density at radius 2 is 1.90 bits per heavy atom. The number of nitrogens with one attached hydrogen (secondary N) is 1. The van der Waals surface area contributed by atoms with Crippen LogP contribution in [0.3, 0.4) is 0 Å². The molecule has 1 amide bonds. The van der Waals surface area contributed by atoms with E-state index in [2.05, 4.69) is 5.32 Å². The number of rotatable bonds is 4. The van der Waals surface area contributed by atoms with Crippen molar-refractivity contribution in [2.75, 3.05) is 11.9 Å². The minimum absolute atomic E-state index is 0.0778. The van der Waals surface area contributed by atoms with E-state index in [-0.39, 0.29) is 12.3 Å². The first kappa shape index (κ1) is 15.0. The Kier molecular flexibility index (Phi) is 4.52. The van der Waals surface area contributed by atoms with Crippen LogP contribution in [0.15, 0.2) is 36.4 Å². The maximum atomic E-state index is 13.4. The number of anilines is 1. The highest BCUT2D eigenvalue weighted by molar-refractivity contribution is 5.92. The Hall–Kier alpha value is -2.43. The van der Waals surface area contributed by atoms with Gasteiger partial charge in [0.2, 0.25) is 0 Å². The molecule has 0 saturated heterocycles. The third-order valence-corrected chi connectivity index (χ3v) is 2.91. The lowest BCUT2D eigenvalue weighted by molar-refractivity contribution is -0.118. The molecule has 0 aliphatic heterocycles. The lowest BCUT2D eigenvalue weighted by Crippen LogP contribution is -2.21. The Bertz CT molecular complexity index is 671. The monoisotopic (exact) mass is 291 g/mol. The molecule has 0 unspecified atom stereocenters. The molecule has 0 spiro atoms. The third-order valence-electron chi connectivity index (χ3n) is 2.91. The van der Waals surface area contributed by atoms with Gasteiger partial charge in [0.1, 0.15) is 17.4 Å². The van der Waals surface area contributed by atoms with Crippen LogP contribution < -0.4 is 10.1 Å². The second kappa shape index (κ2) is 6.35. The van der Waals surface area contributed by atoms with Crippen LogP contribution >= 0.6 is 0 Å². The van der Waals surface area contributed by atoms with Gasteiger partial charge in [-0.2, -0.15) is 0 Å². The molecule has 0 aliphatic carbocycles. The molecule has 2 rings (SSSR count). The molecule has 2 aromatic rings. The van der Waals surface area contributed by atoms with Gasteiger partial charge in [0.05, 0.1) is 5.69 Å². The maximum absolute atomic E-state index is 13.4. The van der Waals surface area contributed by atoms with Crippen LogP contribution in [0.1, 0.15) is 11.1 Å². The molecule has 110 valence electrons. The zero-order valence-electron chi connectivity index (χ0n) is 11.7. The number of benzene rings is 2. The van der Waals surface area contributed by atoms with Gasteiger partial charge in [-0.05, 0) is 43.2 Å². The van der Waals surface area contributed by atoms with Crippen LogP contribution in [0, 0.1) is 25.5 Å². The smallest absolute Gasteiger partial charge is 0.262 e. The standard InChI is InChI=1S/C16H15F2NO2/c1-10-3-4-11(2)15(7-10)21-9-16(20)19-14-6-5-12(17)8-13(14)18/h3-8H,9H2,1-2H3,(H,19,20). The predicted octanol–water partition coefficient (Wildman–Crippen LogP) is 3.60. The number of ether oxygens (including phenoxy) is 1. The molecule has 21 heavy (non-hydrogen) atoms. The van der Waals surface area contributed by atoms with Crippen molar-refractivity contribution in [3.8, 4) is 5.75 Å². The van der Waals surface area contributed by atoms with Gasteiger partial charge < -0.3 is 10.1 Å². The fourth-order valence-corrected chi connectivity index (χ4v) is 1.78. The van der Waals surface area contributed by atoms with Crippen LogP contribution in [0.5, 0.6) is 5.75 Å². The average molecular weight is 291 g/mol. The van der Waals surface area contributed by atoms with Crippen molar-refractivity contribution < 1.29 is 18.3 Å². The Morgan fingerprint density at radius 3 is 2.62 bits per heavy atom. The van der Waals surface area contributed by atoms with Crippen molar-refractivity contribution in [2.45, 2.75) is 13.8 Å². The minimum Gasteiger partial charge on any atom is -0.483 e. The molecule has 1 N–H and O–H groups in total. The van der Waals surface area contributed by atoms with Gasteiger partial charge in [0.15, 0.2) is 6.61 Å². The first-order chi connectivity index (χ1) is 9.95. The number of carbonyl (C=O) groups excluding carboxylic acids is 1. The van der Waals surface area contributed by atoms with Crippen LogP contribution in [0.25, 0.3) is 0 Å². The quantitative estimate of drug-likeness (QED) is 0.934. The fraction of sp³-hybridized carbons (Fsp3) is 0.188. The Balaban J connectivity index is 1.97. The zero-order chi connectivity index (χ0) is 15.4. The molecule has 0 radical (unpaired) electrons. The highest BCUT2D eigenvalue weighted by Crippen LogP contribution is 2.19. The molecule has 0 bridgehead atoms. The summed E-state index contributed by atoms with van der Waals surface area (Å²) in [5, 5.41) is 2.34. The van der Waals surface area contributed by atoms with E-state index < -0.39 is 17.5 Å². The molecule has 0 heterocycles. The molecule has 5 heteroatoms. The van der Waals surface area contributed by atoms with Crippen molar-refractivity contribution in [3.05, 3.63) is 59.2 Å². The summed E-state index contributed by atoms with van der Waals surface area (Å²) in [7, 11) is 0. The minimum atomic E-state index is -0.824. The summed E-state index contributed by atoms with van der Waals surface area (Å²) in [5.74, 6) is -1.43. The summed E-state index contributed by atoms with van der Waals surface area (Å²) in [6.45, 7) is 3.54. The van der Waals surface area contributed by atoms with E-state index in [9.17, 15) is 13.6 Å². The Labute approximate surface area is 121 Å². The third kappa shape index (κ3) is 4.02. The number of amides is 1. The van der Waals surface area contributed by atoms with E-state index in [4.69, 9.17) is 4.74 Å². The molecule has 0 aliphatic rings. The van der Waals surface area contributed by atoms with Gasteiger partial charge >= 0.3 is 0 Å². The van der Waals surface area contributed by atoms with Crippen LogP contribution in [0.4, 0.5) is 14.5 Å². The second-order valence-electron chi connectivity index (χ2n) is 4.73.